The number of aromatic nitrogens is 2. The van der Waals surface area contributed by atoms with Crippen LogP contribution in [0.1, 0.15) is 58.0 Å². The lowest BCUT2D eigenvalue weighted by Crippen LogP contribution is -2.29. The summed E-state index contributed by atoms with van der Waals surface area (Å²) >= 11 is 0. The highest BCUT2D eigenvalue weighted by Crippen LogP contribution is 2.17. The van der Waals surface area contributed by atoms with Crippen molar-refractivity contribution in [1.29, 1.82) is 0 Å². The van der Waals surface area contributed by atoms with E-state index in [1.54, 1.807) is 4.90 Å². The smallest absolute Gasteiger partial charge is 0.210 e. The molecule has 2 heterocycles. The van der Waals surface area contributed by atoms with Crippen LogP contribution in [0.15, 0.2) is 0 Å². The van der Waals surface area contributed by atoms with E-state index in [0.29, 0.717) is 6.54 Å². The lowest BCUT2D eigenvalue weighted by Gasteiger charge is -2.21. The minimum Gasteiger partial charge on any atom is -0.339 e. The number of carbonyl (C=O) groups is 1. The predicted octanol–water partition coefficient (Wildman–Crippen LogP) is 3.31. The second-order valence-electron chi connectivity index (χ2n) is 4.90. The van der Waals surface area contributed by atoms with Gasteiger partial charge in [-0.2, -0.15) is 5.10 Å². The molecule has 0 aliphatic carbocycles. The molecule has 1 aliphatic heterocycles. The fraction of sp³-hybridized carbons (Fsp3) is 0.733. The number of aromatic amines is 1. The first-order chi connectivity index (χ1) is 9.08. The molecular weight excluding hydrogens is 238 g/mol. The van der Waals surface area contributed by atoms with Crippen LogP contribution in [0.5, 0.6) is 0 Å². The van der Waals surface area contributed by atoms with Crippen molar-refractivity contribution in [3.8, 4) is 0 Å². The van der Waals surface area contributed by atoms with E-state index in [1.165, 1.54) is 12.0 Å². The Kier molecular flexibility index (Phi) is 8.92. The Hall–Kier alpha value is -1.32. The van der Waals surface area contributed by atoms with Gasteiger partial charge in [-0.1, -0.05) is 41.0 Å². The second-order valence-corrected chi connectivity index (χ2v) is 4.90. The highest BCUT2D eigenvalue weighted by atomic mass is 16.1. The van der Waals surface area contributed by atoms with Crippen LogP contribution in [-0.4, -0.2) is 28.1 Å². The van der Waals surface area contributed by atoms with Crippen molar-refractivity contribution >= 4 is 6.41 Å². The lowest BCUT2D eigenvalue weighted by atomic mass is 10.1. The van der Waals surface area contributed by atoms with E-state index in [0.717, 1.165) is 36.7 Å². The molecule has 0 aromatic carbocycles. The molecule has 4 nitrogen and oxygen atoms in total. The molecule has 0 saturated heterocycles. The van der Waals surface area contributed by atoms with Gasteiger partial charge in [0.05, 0.1) is 12.2 Å². The zero-order valence-electron chi connectivity index (χ0n) is 13.3. The maximum Gasteiger partial charge on any atom is 0.210 e. The third kappa shape index (κ3) is 5.90. The maximum absolute atomic E-state index is 10.5. The third-order valence-electron chi connectivity index (χ3n) is 3.13. The zero-order valence-corrected chi connectivity index (χ0v) is 13.3. The SMILES string of the molecule is CC.CCC(C)C.Cc1[nH]nc2c1CCN(C=O)C2. The van der Waals surface area contributed by atoms with E-state index in [4.69, 9.17) is 0 Å². The molecule has 1 aromatic heterocycles. The summed E-state index contributed by atoms with van der Waals surface area (Å²) in [4.78, 5) is 12.2. The highest BCUT2D eigenvalue weighted by molar-refractivity contribution is 5.48. The normalized spacial score (nSPS) is 12.9. The molecule has 0 radical (unpaired) electrons. The average Bonchev–Trinajstić information content (AvgIpc) is 2.82. The maximum atomic E-state index is 10.5. The van der Waals surface area contributed by atoms with E-state index in [2.05, 4.69) is 31.0 Å². The number of rotatable bonds is 2. The summed E-state index contributed by atoms with van der Waals surface area (Å²) in [6, 6.07) is 0. The van der Waals surface area contributed by atoms with Crippen molar-refractivity contribution in [1.82, 2.24) is 15.1 Å². The van der Waals surface area contributed by atoms with Crippen molar-refractivity contribution in [2.45, 2.75) is 60.9 Å². The Balaban J connectivity index is 0.000000396. The van der Waals surface area contributed by atoms with E-state index < -0.39 is 0 Å². The summed E-state index contributed by atoms with van der Waals surface area (Å²) in [7, 11) is 0. The first kappa shape index (κ1) is 17.7. The van der Waals surface area contributed by atoms with Gasteiger partial charge in [0.15, 0.2) is 0 Å². The van der Waals surface area contributed by atoms with Crippen LogP contribution in [0.4, 0.5) is 0 Å². The van der Waals surface area contributed by atoms with Gasteiger partial charge in [0.1, 0.15) is 0 Å². The van der Waals surface area contributed by atoms with Gasteiger partial charge in [-0.25, -0.2) is 0 Å². The van der Waals surface area contributed by atoms with Crippen molar-refractivity contribution in [2.24, 2.45) is 5.92 Å². The molecule has 1 amide bonds. The number of aryl methyl sites for hydroxylation is 1. The summed E-state index contributed by atoms with van der Waals surface area (Å²) in [6.07, 6.45) is 3.11. The molecule has 2 rings (SSSR count). The fourth-order valence-electron chi connectivity index (χ4n) is 1.58. The van der Waals surface area contributed by atoms with Crippen LogP contribution < -0.4 is 0 Å². The van der Waals surface area contributed by atoms with Gasteiger partial charge in [-0.15, -0.1) is 0 Å². The third-order valence-corrected chi connectivity index (χ3v) is 3.13. The Morgan fingerprint density at radius 1 is 1.42 bits per heavy atom. The number of amides is 1. The first-order valence-corrected chi connectivity index (χ1v) is 7.30. The topological polar surface area (TPSA) is 49.0 Å². The highest BCUT2D eigenvalue weighted by Gasteiger charge is 2.18. The molecular formula is C15H29N3O. The van der Waals surface area contributed by atoms with Gasteiger partial charge >= 0.3 is 0 Å². The molecule has 0 saturated carbocycles. The number of nitrogens with one attached hydrogen (secondary N) is 1. The molecule has 0 bridgehead atoms. The van der Waals surface area contributed by atoms with Crippen molar-refractivity contribution in [2.75, 3.05) is 6.54 Å². The van der Waals surface area contributed by atoms with Crippen LogP contribution in [0.25, 0.3) is 0 Å². The lowest BCUT2D eigenvalue weighted by molar-refractivity contribution is -0.118. The average molecular weight is 267 g/mol. The quantitative estimate of drug-likeness (QED) is 0.836. The minimum atomic E-state index is 0.656. The van der Waals surface area contributed by atoms with E-state index in [1.807, 2.05) is 20.8 Å². The first-order valence-electron chi connectivity index (χ1n) is 7.30. The Labute approximate surface area is 117 Å². The molecule has 1 N–H and O–H groups in total. The number of hydrogen-bond donors (Lipinski definition) is 1. The molecule has 110 valence electrons. The monoisotopic (exact) mass is 267 g/mol. The largest absolute Gasteiger partial charge is 0.339 e. The van der Waals surface area contributed by atoms with E-state index in [-0.39, 0.29) is 0 Å². The van der Waals surface area contributed by atoms with Gasteiger partial charge < -0.3 is 4.90 Å². The van der Waals surface area contributed by atoms with Crippen LogP contribution in [0, 0.1) is 12.8 Å². The molecule has 19 heavy (non-hydrogen) atoms. The second kappa shape index (κ2) is 9.59. The molecule has 4 heteroatoms. The predicted molar refractivity (Wildman–Crippen MR) is 80.0 cm³/mol. The van der Waals surface area contributed by atoms with Crippen molar-refractivity contribution < 1.29 is 4.79 Å². The number of nitrogens with zero attached hydrogens (tertiary/aromatic N) is 2. The van der Waals surface area contributed by atoms with Crippen LogP contribution in [-0.2, 0) is 17.8 Å². The summed E-state index contributed by atoms with van der Waals surface area (Å²) in [5.41, 5.74) is 3.44. The van der Waals surface area contributed by atoms with Crippen LogP contribution >= 0.6 is 0 Å². The number of H-pyrrole nitrogens is 1. The Bertz CT molecular complexity index is 358. The van der Waals surface area contributed by atoms with Crippen molar-refractivity contribution in [3.05, 3.63) is 17.0 Å². The van der Waals surface area contributed by atoms with Gasteiger partial charge in [0.25, 0.3) is 0 Å². The summed E-state index contributed by atoms with van der Waals surface area (Å²) in [5.74, 6) is 0.884. The standard InChI is InChI=1S/C8H11N3O.C5H12.C2H6/c1-6-7-2-3-11(5-12)4-8(7)10-9-6;1-4-5(2)3;1-2/h5H,2-4H2,1H3,(H,9,10);5H,4H2,1-3H3;1-2H3. The summed E-state index contributed by atoms with van der Waals surface area (Å²) < 4.78 is 0. The fourth-order valence-corrected chi connectivity index (χ4v) is 1.58. The van der Waals surface area contributed by atoms with E-state index in [9.17, 15) is 4.79 Å². The number of carbonyl (C=O) groups excluding carboxylic acids is 1. The van der Waals surface area contributed by atoms with Crippen LogP contribution in [0.3, 0.4) is 0 Å². The van der Waals surface area contributed by atoms with Gasteiger partial charge in [-0.3, -0.25) is 9.89 Å². The minimum absolute atomic E-state index is 0.656. The molecule has 1 aliphatic rings. The van der Waals surface area contributed by atoms with Gasteiger partial charge in [0.2, 0.25) is 6.41 Å². The molecule has 0 fully saturated rings. The Morgan fingerprint density at radius 2 is 2.00 bits per heavy atom. The summed E-state index contributed by atoms with van der Waals surface area (Å²) in [5, 5.41) is 7.06. The van der Waals surface area contributed by atoms with Crippen molar-refractivity contribution in [3.63, 3.8) is 0 Å². The zero-order chi connectivity index (χ0) is 14.8. The molecule has 0 atom stereocenters. The molecule has 0 spiro atoms. The number of fused-ring (bicyclic) bond motifs is 1. The number of hydrogen-bond acceptors (Lipinski definition) is 2. The molecule has 0 unspecified atom stereocenters. The van der Waals surface area contributed by atoms with Crippen LogP contribution in [0.2, 0.25) is 0 Å². The summed E-state index contributed by atoms with van der Waals surface area (Å²) in [6.45, 7) is 14.1. The van der Waals surface area contributed by atoms with Gasteiger partial charge in [0, 0.05) is 12.2 Å². The van der Waals surface area contributed by atoms with E-state index >= 15 is 0 Å². The Morgan fingerprint density at radius 3 is 2.47 bits per heavy atom. The molecule has 1 aromatic rings. The van der Waals surface area contributed by atoms with Gasteiger partial charge in [-0.05, 0) is 24.8 Å².